The van der Waals surface area contributed by atoms with Crippen LogP contribution < -0.4 is 10.6 Å². The Morgan fingerprint density at radius 2 is 1.30 bits per heavy atom. The molecule has 0 saturated carbocycles. The molecule has 2 aromatic rings. The molecule has 4 rings (SSSR count). The number of carbonyl (C=O) groups excluding carboxylic acids is 2. The summed E-state index contributed by atoms with van der Waals surface area (Å²) in [7, 11) is 1.64. The van der Waals surface area contributed by atoms with Gasteiger partial charge in [-0.25, -0.2) is 9.59 Å². The first kappa shape index (κ1) is 32.4. The highest BCUT2D eigenvalue weighted by Gasteiger charge is 2.23. The van der Waals surface area contributed by atoms with Gasteiger partial charge < -0.3 is 44.1 Å². The van der Waals surface area contributed by atoms with E-state index in [0.717, 1.165) is 17.7 Å². The van der Waals surface area contributed by atoms with E-state index in [2.05, 4.69) is 28.8 Å². The first-order chi connectivity index (χ1) is 21.1. The molecule has 2 aliphatic rings. The fraction of sp³-hybridized carbons (Fsp3) is 0.500. The number of nitrogens with one attached hydrogen (secondary N) is 2. The number of methoxy groups -OCH3 is 1. The lowest BCUT2D eigenvalue weighted by atomic mass is 9.99. The van der Waals surface area contributed by atoms with Crippen LogP contribution in [0.3, 0.4) is 0 Å². The second-order valence-electron chi connectivity index (χ2n) is 10.2. The maximum absolute atomic E-state index is 12.7. The second kappa shape index (κ2) is 18.2. The standard InChI is InChI=1S/C32H44N4O7/c1-39-16-17-41-20-21-43-23-22-42-19-18-40-15-12-33-31(37)35-13-10-27(11-14-35)26-6-8-30(9-7-26)34-32(38)36-24-28-4-2-3-5-29(28)25-36/h2-10H,11-25H2,1H3,(H,33,37)(H,34,38). The first-order valence-corrected chi connectivity index (χ1v) is 14.9. The normalized spacial score (nSPS) is 14.4. The molecule has 0 unspecified atom stereocenters. The van der Waals surface area contributed by atoms with Gasteiger partial charge in [0.2, 0.25) is 0 Å². The number of ether oxygens (including phenoxy) is 5. The minimum atomic E-state index is -0.0984. The van der Waals surface area contributed by atoms with Gasteiger partial charge in [0.1, 0.15) is 0 Å². The molecule has 0 radical (unpaired) electrons. The highest BCUT2D eigenvalue weighted by molar-refractivity contribution is 5.90. The average molecular weight is 597 g/mol. The average Bonchev–Trinajstić information content (AvgIpc) is 3.48. The lowest BCUT2D eigenvalue weighted by molar-refractivity contribution is -0.00742. The molecule has 0 atom stereocenters. The molecule has 2 heterocycles. The monoisotopic (exact) mass is 596 g/mol. The molecule has 0 spiro atoms. The van der Waals surface area contributed by atoms with E-state index in [-0.39, 0.29) is 12.1 Å². The van der Waals surface area contributed by atoms with Crippen LogP contribution in [0.25, 0.3) is 5.57 Å². The Morgan fingerprint density at radius 3 is 1.86 bits per heavy atom. The Labute approximate surface area is 254 Å². The van der Waals surface area contributed by atoms with Crippen LogP contribution in [0.1, 0.15) is 23.1 Å². The molecule has 0 aromatic heterocycles. The van der Waals surface area contributed by atoms with Gasteiger partial charge in [-0.05, 0) is 40.8 Å². The fourth-order valence-corrected chi connectivity index (χ4v) is 4.81. The topological polar surface area (TPSA) is 111 Å². The Balaban J connectivity index is 1.03. The van der Waals surface area contributed by atoms with Gasteiger partial charge in [0.05, 0.1) is 59.5 Å². The van der Waals surface area contributed by atoms with Crippen molar-refractivity contribution in [3.63, 3.8) is 0 Å². The van der Waals surface area contributed by atoms with Crippen LogP contribution in [-0.4, -0.2) is 108 Å². The molecule has 11 nitrogen and oxygen atoms in total. The lowest BCUT2D eigenvalue weighted by Crippen LogP contribution is -2.43. The molecule has 2 N–H and O–H groups in total. The smallest absolute Gasteiger partial charge is 0.322 e. The van der Waals surface area contributed by atoms with Crippen molar-refractivity contribution >= 4 is 23.3 Å². The summed E-state index contributed by atoms with van der Waals surface area (Å²) in [6.07, 6.45) is 2.85. The highest BCUT2D eigenvalue weighted by Crippen LogP contribution is 2.25. The zero-order chi connectivity index (χ0) is 30.1. The van der Waals surface area contributed by atoms with Crippen molar-refractivity contribution in [3.8, 4) is 0 Å². The van der Waals surface area contributed by atoms with Crippen LogP contribution in [-0.2, 0) is 36.8 Å². The number of fused-ring (bicyclic) bond motifs is 1. The summed E-state index contributed by atoms with van der Waals surface area (Å²) in [5.74, 6) is 0. The summed E-state index contributed by atoms with van der Waals surface area (Å²) in [6.45, 7) is 7.47. The molecule has 11 heteroatoms. The Morgan fingerprint density at radius 1 is 0.721 bits per heavy atom. The maximum atomic E-state index is 12.7. The van der Waals surface area contributed by atoms with Crippen LogP contribution in [0.15, 0.2) is 54.6 Å². The number of benzene rings is 2. The Hall–Kier alpha value is -3.48. The summed E-state index contributed by atoms with van der Waals surface area (Å²) < 4.78 is 26.6. The molecule has 43 heavy (non-hydrogen) atoms. The summed E-state index contributed by atoms with van der Waals surface area (Å²) in [6, 6.07) is 15.8. The number of urea groups is 2. The van der Waals surface area contributed by atoms with E-state index in [1.54, 1.807) is 12.0 Å². The second-order valence-corrected chi connectivity index (χ2v) is 10.2. The van der Waals surface area contributed by atoms with Crippen LogP contribution >= 0.6 is 0 Å². The summed E-state index contributed by atoms with van der Waals surface area (Å²) in [5, 5.41) is 5.92. The molecule has 0 saturated heterocycles. The molecule has 0 bridgehead atoms. The van der Waals surface area contributed by atoms with E-state index in [9.17, 15) is 9.59 Å². The highest BCUT2D eigenvalue weighted by atomic mass is 16.6. The molecule has 234 valence electrons. The largest absolute Gasteiger partial charge is 0.382 e. The SMILES string of the molecule is COCCOCCOCCOCCOCCNC(=O)N1CC=C(c2ccc(NC(=O)N3Cc4ccccc4C3)cc2)CC1. The predicted octanol–water partition coefficient (Wildman–Crippen LogP) is 3.75. The van der Waals surface area contributed by atoms with Crippen molar-refractivity contribution in [1.29, 1.82) is 0 Å². The van der Waals surface area contributed by atoms with Crippen molar-refractivity contribution in [2.75, 3.05) is 91.5 Å². The number of nitrogens with zero attached hydrogens (tertiary/aromatic N) is 2. The summed E-state index contributed by atoms with van der Waals surface area (Å²) in [5.41, 5.74) is 5.45. The van der Waals surface area contributed by atoms with Gasteiger partial charge in [-0.1, -0.05) is 42.5 Å². The van der Waals surface area contributed by atoms with Gasteiger partial charge in [0, 0.05) is 45.5 Å². The van der Waals surface area contributed by atoms with E-state index >= 15 is 0 Å². The quantitative estimate of drug-likeness (QED) is 0.268. The number of hydrogen-bond donors (Lipinski definition) is 2. The third-order valence-electron chi connectivity index (χ3n) is 7.20. The minimum absolute atomic E-state index is 0.0966. The van der Waals surface area contributed by atoms with Crippen molar-refractivity contribution < 1.29 is 33.3 Å². The molecule has 0 aliphatic carbocycles. The zero-order valence-electron chi connectivity index (χ0n) is 25.1. The van der Waals surface area contributed by atoms with Crippen molar-refractivity contribution in [1.82, 2.24) is 15.1 Å². The van der Waals surface area contributed by atoms with Crippen molar-refractivity contribution in [2.24, 2.45) is 0 Å². The lowest BCUT2D eigenvalue weighted by Gasteiger charge is -2.27. The van der Waals surface area contributed by atoms with Crippen LogP contribution in [0.2, 0.25) is 0 Å². The Kier molecular flexibility index (Phi) is 13.8. The van der Waals surface area contributed by atoms with Crippen LogP contribution in [0.5, 0.6) is 0 Å². The molecule has 0 fully saturated rings. The summed E-state index contributed by atoms with van der Waals surface area (Å²) in [4.78, 5) is 28.9. The maximum Gasteiger partial charge on any atom is 0.322 e. The summed E-state index contributed by atoms with van der Waals surface area (Å²) >= 11 is 0. The number of anilines is 1. The van der Waals surface area contributed by atoms with Crippen molar-refractivity contribution in [2.45, 2.75) is 19.5 Å². The van der Waals surface area contributed by atoms with Gasteiger partial charge in [-0.2, -0.15) is 0 Å². The minimum Gasteiger partial charge on any atom is -0.382 e. The van der Waals surface area contributed by atoms with Gasteiger partial charge in [-0.3, -0.25) is 0 Å². The number of rotatable bonds is 17. The van der Waals surface area contributed by atoms with Crippen molar-refractivity contribution in [3.05, 3.63) is 71.3 Å². The van der Waals surface area contributed by atoms with Crippen LogP contribution in [0.4, 0.5) is 15.3 Å². The molecular formula is C32H44N4O7. The first-order valence-electron chi connectivity index (χ1n) is 14.9. The number of hydrogen-bond acceptors (Lipinski definition) is 7. The van der Waals surface area contributed by atoms with E-state index in [1.807, 2.05) is 41.3 Å². The number of amides is 4. The van der Waals surface area contributed by atoms with Crippen LogP contribution in [0, 0.1) is 0 Å². The zero-order valence-corrected chi connectivity index (χ0v) is 25.1. The third-order valence-corrected chi connectivity index (χ3v) is 7.20. The predicted molar refractivity (Wildman–Crippen MR) is 164 cm³/mol. The van der Waals surface area contributed by atoms with Gasteiger partial charge in [-0.15, -0.1) is 0 Å². The third kappa shape index (κ3) is 10.9. The van der Waals surface area contributed by atoms with E-state index in [4.69, 9.17) is 23.7 Å². The van der Waals surface area contributed by atoms with Gasteiger partial charge in [0.15, 0.2) is 0 Å². The molecule has 2 aliphatic heterocycles. The van der Waals surface area contributed by atoms with E-state index in [1.165, 1.54) is 16.7 Å². The van der Waals surface area contributed by atoms with E-state index < -0.39 is 0 Å². The Bertz CT molecular complexity index is 1150. The fourth-order valence-electron chi connectivity index (χ4n) is 4.81. The number of carbonyl (C=O) groups is 2. The van der Waals surface area contributed by atoms with Gasteiger partial charge in [0.25, 0.3) is 0 Å². The van der Waals surface area contributed by atoms with E-state index in [0.29, 0.717) is 92.2 Å². The molecule has 4 amide bonds. The molecular weight excluding hydrogens is 552 g/mol. The van der Waals surface area contributed by atoms with Gasteiger partial charge >= 0.3 is 12.1 Å². The molecule has 2 aromatic carbocycles.